The quantitative estimate of drug-likeness (QED) is 0.599. The fourth-order valence-electron chi connectivity index (χ4n) is 2.22. The van der Waals surface area contributed by atoms with Gasteiger partial charge in [-0.15, -0.1) is 0 Å². The summed E-state index contributed by atoms with van der Waals surface area (Å²) in [6, 6.07) is 0. The summed E-state index contributed by atoms with van der Waals surface area (Å²) in [5.41, 5.74) is 0.201. The van der Waals surface area contributed by atoms with Gasteiger partial charge in [0.1, 0.15) is 6.10 Å². The highest BCUT2D eigenvalue weighted by Gasteiger charge is 2.42. The highest BCUT2D eigenvalue weighted by molar-refractivity contribution is 5.68. The van der Waals surface area contributed by atoms with Gasteiger partial charge in [0.05, 0.1) is 0 Å². The van der Waals surface area contributed by atoms with Gasteiger partial charge in [-0.05, 0) is 19.3 Å². The highest BCUT2D eigenvalue weighted by Crippen LogP contribution is 2.39. The van der Waals surface area contributed by atoms with Crippen LogP contribution in [0.15, 0.2) is 0 Å². The third kappa shape index (κ3) is 1.17. The molecule has 0 aromatic heterocycles. The summed E-state index contributed by atoms with van der Waals surface area (Å²) in [5.74, 6) is 0. The third-order valence-corrected chi connectivity index (χ3v) is 3.13. The van der Waals surface area contributed by atoms with Crippen molar-refractivity contribution < 1.29 is 9.53 Å². The molecule has 0 spiro atoms. The van der Waals surface area contributed by atoms with Crippen LogP contribution in [-0.4, -0.2) is 18.7 Å². The van der Waals surface area contributed by atoms with Crippen molar-refractivity contribution in [3.8, 4) is 0 Å². The SMILES string of the molecule is CC12CCCCC1OC(=O)NC2. The first-order valence-corrected chi connectivity index (χ1v) is 4.65. The van der Waals surface area contributed by atoms with E-state index in [4.69, 9.17) is 4.74 Å². The fourth-order valence-corrected chi connectivity index (χ4v) is 2.22. The van der Waals surface area contributed by atoms with Crippen molar-refractivity contribution in [2.45, 2.75) is 38.7 Å². The molecule has 2 rings (SSSR count). The Morgan fingerprint density at radius 2 is 2.42 bits per heavy atom. The minimum Gasteiger partial charge on any atom is -0.446 e. The molecule has 1 N–H and O–H groups in total. The molecule has 3 heteroatoms. The number of ether oxygens (including phenoxy) is 1. The molecule has 2 fully saturated rings. The Hall–Kier alpha value is -0.730. The molecular formula is C9H15NO2. The van der Waals surface area contributed by atoms with Crippen LogP contribution in [0.4, 0.5) is 4.79 Å². The minimum absolute atomic E-state index is 0.167. The van der Waals surface area contributed by atoms with Crippen LogP contribution < -0.4 is 5.32 Å². The first-order valence-electron chi connectivity index (χ1n) is 4.65. The van der Waals surface area contributed by atoms with E-state index in [2.05, 4.69) is 12.2 Å². The van der Waals surface area contributed by atoms with Crippen LogP contribution in [0.3, 0.4) is 0 Å². The Morgan fingerprint density at radius 3 is 3.25 bits per heavy atom. The van der Waals surface area contributed by atoms with E-state index in [1.54, 1.807) is 0 Å². The van der Waals surface area contributed by atoms with Crippen molar-refractivity contribution in [2.75, 3.05) is 6.54 Å². The van der Waals surface area contributed by atoms with Crippen molar-refractivity contribution in [3.63, 3.8) is 0 Å². The van der Waals surface area contributed by atoms with Crippen molar-refractivity contribution in [3.05, 3.63) is 0 Å². The number of nitrogens with one attached hydrogen (secondary N) is 1. The van der Waals surface area contributed by atoms with Gasteiger partial charge in [-0.2, -0.15) is 0 Å². The molecule has 12 heavy (non-hydrogen) atoms. The molecule has 1 heterocycles. The van der Waals surface area contributed by atoms with Crippen LogP contribution in [0.1, 0.15) is 32.6 Å². The standard InChI is InChI=1S/C9H15NO2/c1-9-5-3-2-4-7(9)12-8(11)10-6-9/h7H,2-6H2,1H3,(H,10,11). The van der Waals surface area contributed by atoms with E-state index in [-0.39, 0.29) is 17.6 Å². The second-order valence-corrected chi connectivity index (χ2v) is 4.15. The first-order chi connectivity index (χ1) is 5.71. The lowest BCUT2D eigenvalue weighted by atomic mass is 9.72. The first kappa shape index (κ1) is 7.90. The largest absolute Gasteiger partial charge is 0.446 e. The Bertz CT molecular complexity index is 205. The number of hydrogen-bond donors (Lipinski definition) is 1. The zero-order valence-corrected chi connectivity index (χ0v) is 7.43. The average molecular weight is 169 g/mol. The molecule has 0 aromatic rings. The molecule has 2 aliphatic rings. The van der Waals surface area contributed by atoms with Crippen LogP contribution in [0.2, 0.25) is 0 Å². The zero-order chi connectivity index (χ0) is 8.60. The lowest BCUT2D eigenvalue weighted by molar-refractivity contribution is -0.0386. The average Bonchev–Trinajstić information content (AvgIpc) is 2.06. The summed E-state index contributed by atoms with van der Waals surface area (Å²) in [5, 5.41) is 2.76. The van der Waals surface area contributed by atoms with Gasteiger partial charge in [-0.25, -0.2) is 4.79 Å². The van der Waals surface area contributed by atoms with Crippen molar-refractivity contribution >= 4 is 6.09 Å². The minimum atomic E-state index is -0.237. The highest BCUT2D eigenvalue weighted by atomic mass is 16.6. The van der Waals surface area contributed by atoms with Crippen LogP contribution in [0, 0.1) is 5.41 Å². The molecule has 1 saturated heterocycles. The molecule has 2 unspecified atom stereocenters. The van der Waals surface area contributed by atoms with Crippen molar-refractivity contribution in [2.24, 2.45) is 5.41 Å². The third-order valence-electron chi connectivity index (χ3n) is 3.13. The van der Waals surface area contributed by atoms with Crippen LogP contribution in [0.25, 0.3) is 0 Å². The molecule has 1 amide bonds. The number of amides is 1. The number of fused-ring (bicyclic) bond motifs is 1. The maximum absolute atomic E-state index is 10.9. The summed E-state index contributed by atoms with van der Waals surface area (Å²) in [6.07, 6.45) is 4.63. The van der Waals surface area contributed by atoms with Gasteiger partial charge in [-0.3, -0.25) is 0 Å². The molecule has 3 nitrogen and oxygen atoms in total. The molecule has 1 aliphatic heterocycles. The van der Waals surface area contributed by atoms with Gasteiger partial charge in [-0.1, -0.05) is 13.3 Å². The molecule has 68 valence electrons. The summed E-state index contributed by atoms with van der Waals surface area (Å²) >= 11 is 0. The smallest absolute Gasteiger partial charge is 0.407 e. The van der Waals surface area contributed by atoms with Crippen molar-refractivity contribution in [1.29, 1.82) is 0 Å². The predicted octanol–water partition coefficient (Wildman–Crippen LogP) is 1.68. The topological polar surface area (TPSA) is 38.3 Å². The molecule has 1 saturated carbocycles. The van der Waals surface area contributed by atoms with E-state index >= 15 is 0 Å². The van der Waals surface area contributed by atoms with E-state index in [1.165, 1.54) is 19.3 Å². The zero-order valence-electron chi connectivity index (χ0n) is 7.43. The Labute approximate surface area is 72.5 Å². The number of carbonyl (C=O) groups is 1. The Balaban J connectivity index is 2.11. The number of carbonyl (C=O) groups excluding carboxylic acids is 1. The molecule has 1 aliphatic carbocycles. The lowest BCUT2D eigenvalue weighted by Crippen LogP contribution is -2.53. The van der Waals surface area contributed by atoms with E-state index in [9.17, 15) is 4.79 Å². The van der Waals surface area contributed by atoms with Gasteiger partial charge in [0.15, 0.2) is 0 Å². The summed E-state index contributed by atoms with van der Waals surface area (Å²) in [7, 11) is 0. The molecule has 2 atom stereocenters. The number of hydrogen-bond acceptors (Lipinski definition) is 2. The van der Waals surface area contributed by atoms with E-state index in [0.717, 1.165) is 13.0 Å². The second kappa shape index (κ2) is 2.64. The van der Waals surface area contributed by atoms with Crippen molar-refractivity contribution in [1.82, 2.24) is 5.32 Å². The number of alkyl carbamates (subject to hydrolysis) is 1. The maximum Gasteiger partial charge on any atom is 0.407 e. The van der Waals surface area contributed by atoms with E-state index in [0.29, 0.717) is 0 Å². The molecule has 0 bridgehead atoms. The van der Waals surface area contributed by atoms with Gasteiger partial charge < -0.3 is 10.1 Å². The molecular weight excluding hydrogens is 154 g/mol. The summed E-state index contributed by atoms with van der Waals surface area (Å²) in [4.78, 5) is 10.9. The number of rotatable bonds is 0. The van der Waals surface area contributed by atoms with Gasteiger partial charge in [0, 0.05) is 12.0 Å². The second-order valence-electron chi connectivity index (χ2n) is 4.15. The van der Waals surface area contributed by atoms with Crippen LogP contribution >= 0.6 is 0 Å². The van der Waals surface area contributed by atoms with Crippen LogP contribution in [0.5, 0.6) is 0 Å². The summed E-state index contributed by atoms with van der Waals surface area (Å²) < 4.78 is 5.24. The monoisotopic (exact) mass is 169 g/mol. The lowest BCUT2D eigenvalue weighted by Gasteiger charge is -2.43. The van der Waals surface area contributed by atoms with Gasteiger partial charge >= 0.3 is 6.09 Å². The Morgan fingerprint density at radius 1 is 1.58 bits per heavy atom. The predicted molar refractivity (Wildman–Crippen MR) is 44.8 cm³/mol. The van der Waals surface area contributed by atoms with Crippen LogP contribution in [-0.2, 0) is 4.74 Å². The van der Waals surface area contributed by atoms with Gasteiger partial charge in [0.2, 0.25) is 0 Å². The maximum atomic E-state index is 10.9. The van der Waals surface area contributed by atoms with E-state index < -0.39 is 0 Å². The van der Waals surface area contributed by atoms with Gasteiger partial charge in [0.25, 0.3) is 0 Å². The Kier molecular flexibility index (Phi) is 1.74. The molecule has 0 aromatic carbocycles. The summed E-state index contributed by atoms with van der Waals surface area (Å²) in [6.45, 7) is 2.99. The van der Waals surface area contributed by atoms with E-state index in [1.807, 2.05) is 0 Å². The normalized spacial score (nSPS) is 41.1. The molecule has 0 radical (unpaired) electrons. The fraction of sp³-hybridized carbons (Fsp3) is 0.889.